The Hall–Kier alpha value is -1.51. The molecule has 0 fully saturated rings. The Labute approximate surface area is 58.9 Å². The van der Waals surface area contributed by atoms with Gasteiger partial charge in [-0.2, -0.15) is 0 Å². The van der Waals surface area contributed by atoms with Crippen LogP contribution in [0.3, 0.4) is 0 Å². The maximum absolute atomic E-state index is 6.79. The Morgan fingerprint density at radius 2 is 1.90 bits per heavy atom. The second-order valence-corrected chi connectivity index (χ2v) is 1.78. The summed E-state index contributed by atoms with van der Waals surface area (Å²) in [5.74, 6) is 0.593. The topological polar surface area (TPSA) is 59.1 Å². The standard InChI is InChI=1S/C7H8N2O/c8-7(9)10-6-4-2-1-3-5-6/h1-5H,(H3,8,9). The van der Waals surface area contributed by atoms with Crippen LogP contribution in [0.2, 0.25) is 0 Å². The SMILES string of the molecule is N=C(N)Oc1ccccc1. The number of nitrogens with one attached hydrogen (secondary N) is 1. The second-order valence-electron chi connectivity index (χ2n) is 1.78. The van der Waals surface area contributed by atoms with E-state index >= 15 is 0 Å². The summed E-state index contributed by atoms with van der Waals surface area (Å²) in [4.78, 5) is 0. The molecule has 0 atom stereocenters. The zero-order valence-corrected chi connectivity index (χ0v) is 5.37. The van der Waals surface area contributed by atoms with E-state index < -0.39 is 0 Å². The van der Waals surface area contributed by atoms with Crippen molar-refractivity contribution < 1.29 is 4.74 Å². The molecule has 1 aromatic rings. The minimum Gasteiger partial charge on any atom is -0.426 e. The summed E-state index contributed by atoms with van der Waals surface area (Å²) in [5, 5.41) is 6.79. The number of nitrogens with two attached hydrogens (primary N) is 1. The number of amidine groups is 1. The third-order valence-corrected chi connectivity index (χ3v) is 0.971. The Kier molecular flexibility index (Phi) is 1.89. The maximum atomic E-state index is 6.79. The van der Waals surface area contributed by atoms with Crippen LogP contribution in [0.4, 0.5) is 0 Å². The Balaban J connectivity index is 2.67. The highest BCUT2D eigenvalue weighted by Gasteiger charge is 1.90. The molecule has 3 heteroatoms. The van der Waals surface area contributed by atoms with E-state index in [1.165, 1.54) is 0 Å². The van der Waals surface area contributed by atoms with Crippen molar-refractivity contribution in [2.45, 2.75) is 0 Å². The lowest BCUT2D eigenvalue weighted by atomic mass is 10.3. The number of ether oxygens (including phenoxy) is 1. The predicted molar refractivity (Wildman–Crippen MR) is 39.0 cm³/mol. The molecule has 3 nitrogen and oxygen atoms in total. The molecule has 0 aromatic heterocycles. The number of benzene rings is 1. The molecule has 0 aliphatic heterocycles. The van der Waals surface area contributed by atoms with E-state index in [9.17, 15) is 0 Å². The van der Waals surface area contributed by atoms with Gasteiger partial charge >= 0.3 is 0 Å². The number of para-hydroxylation sites is 1. The summed E-state index contributed by atoms with van der Waals surface area (Å²) in [7, 11) is 0. The fourth-order valence-corrected chi connectivity index (χ4v) is 0.616. The minimum absolute atomic E-state index is 0.286. The molecule has 0 aliphatic rings. The van der Waals surface area contributed by atoms with E-state index in [-0.39, 0.29) is 6.02 Å². The first-order chi connectivity index (χ1) is 4.79. The summed E-state index contributed by atoms with van der Waals surface area (Å²) >= 11 is 0. The van der Waals surface area contributed by atoms with Gasteiger partial charge in [0, 0.05) is 0 Å². The van der Waals surface area contributed by atoms with Gasteiger partial charge in [-0.05, 0) is 12.1 Å². The van der Waals surface area contributed by atoms with Crippen molar-refractivity contribution in [1.29, 1.82) is 5.41 Å². The van der Waals surface area contributed by atoms with Gasteiger partial charge in [-0.3, -0.25) is 5.41 Å². The molecule has 0 spiro atoms. The van der Waals surface area contributed by atoms with Crippen LogP contribution >= 0.6 is 0 Å². The zero-order chi connectivity index (χ0) is 7.40. The molecular weight excluding hydrogens is 128 g/mol. The van der Waals surface area contributed by atoms with Crippen molar-refractivity contribution in [3.8, 4) is 5.75 Å². The van der Waals surface area contributed by atoms with Gasteiger partial charge in [0.1, 0.15) is 5.75 Å². The molecule has 0 amide bonds. The highest BCUT2D eigenvalue weighted by molar-refractivity contribution is 5.70. The zero-order valence-electron chi connectivity index (χ0n) is 5.37. The van der Waals surface area contributed by atoms with Crippen molar-refractivity contribution >= 4 is 6.02 Å². The predicted octanol–water partition coefficient (Wildman–Crippen LogP) is 0.959. The molecular formula is C7H8N2O. The number of hydrogen-bond acceptors (Lipinski definition) is 2. The monoisotopic (exact) mass is 136 g/mol. The van der Waals surface area contributed by atoms with E-state index in [0.717, 1.165) is 0 Å². The smallest absolute Gasteiger partial charge is 0.284 e. The van der Waals surface area contributed by atoms with Crippen LogP contribution < -0.4 is 10.5 Å². The molecule has 10 heavy (non-hydrogen) atoms. The Bertz CT molecular complexity index is 220. The molecule has 0 radical (unpaired) electrons. The lowest BCUT2D eigenvalue weighted by Crippen LogP contribution is -2.17. The summed E-state index contributed by atoms with van der Waals surface area (Å²) in [6.07, 6.45) is 0. The fraction of sp³-hybridized carbons (Fsp3) is 0. The Morgan fingerprint density at radius 3 is 2.40 bits per heavy atom. The van der Waals surface area contributed by atoms with Crippen LogP contribution in [-0.4, -0.2) is 6.02 Å². The molecule has 0 saturated carbocycles. The van der Waals surface area contributed by atoms with Gasteiger partial charge in [0.15, 0.2) is 0 Å². The average Bonchev–Trinajstić information content (AvgIpc) is 1.88. The first-order valence-electron chi connectivity index (χ1n) is 2.86. The van der Waals surface area contributed by atoms with Gasteiger partial charge in [-0.1, -0.05) is 18.2 Å². The molecule has 0 heterocycles. The molecule has 0 bridgehead atoms. The third-order valence-electron chi connectivity index (χ3n) is 0.971. The lowest BCUT2D eigenvalue weighted by Gasteiger charge is -1.99. The highest BCUT2D eigenvalue weighted by Crippen LogP contribution is 2.06. The molecule has 52 valence electrons. The Morgan fingerprint density at radius 1 is 1.30 bits per heavy atom. The molecule has 0 unspecified atom stereocenters. The quantitative estimate of drug-likeness (QED) is 0.446. The van der Waals surface area contributed by atoms with Crippen molar-refractivity contribution in [3.63, 3.8) is 0 Å². The van der Waals surface area contributed by atoms with Crippen LogP contribution in [0.25, 0.3) is 0 Å². The first-order valence-corrected chi connectivity index (χ1v) is 2.86. The third kappa shape index (κ3) is 1.78. The van der Waals surface area contributed by atoms with Gasteiger partial charge in [0.2, 0.25) is 0 Å². The molecule has 0 aliphatic carbocycles. The van der Waals surface area contributed by atoms with Crippen LogP contribution in [0.5, 0.6) is 5.75 Å². The van der Waals surface area contributed by atoms with E-state index in [0.29, 0.717) is 5.75 Å². The van der Waals surface area contributed by atoms with Gasteiger partial charge in [0.05, 0.1) is 0 Å². The number of hydrogen-bond donors (Lipinski definition) is 2. The average molecular weight is 136 g/mol. The van der Waals surface area contributed by atoms with Crippen molar-refractivity contribution in [2.75, 3.05) is 0 Å². The summed E-state index contributed by atoms with van der Waals surface area (Å²) in [6, 6.07) is 8.69. The van der Waals surface area contributed by atoms with Gasteiger partial charge in [-0.25, -0.2) is 0 Å². The summed E-state index contributed by atoms with van der Waals surface area (Å²) < 4.78 is 4.78. The number of rotatable bonds is 1. The van der Waals surface area contributed by atoms with Crippen LogP contribution in [0.15, 0.2) is 30.3 Å². The van der Waals surface area contributed by atoms with Crippen LogP contribution in [0, 0.1) is 5.41 Å². The molecule has 3 N–H and O–H groups in total. The maximum Gasteiger partial charge on any atom is 0.284 e. The largest absolute Gasteiger partial charge is 0.426 e. The summed E-state index contributed by atoms with van der Waals surface area (Å²) in [6.45, 7) is 0. The normalized spacial score (nSPS) is 8.80. The second kappa shape index (κ2) is 2.87. The minimum atomic E-state index is -0.286. The van der Waals surface area contributed by atoms with Gasteiger partial charge < -0.3 is 10.5 Å². The van der Waals surface area contributed by atoms with Gasteiger partial charge in [-0.15, -0.1) is 0 Å². The van der Waals surface area contributed by atoms with Crippen molar-refractivity contribution in [1.82, 2.24) is 0 Å². The van der Waals surface area contributed by atoms with E-state index in [1.807, 2.05) is 18.2 Å². The van der Waals surface area contributed by atoms with Crippen molar-refractivity contribution in [3.05, 3.63) is 30.3 Å². The highest BCUT2D eigenvalue weighted by atomic mass is 16.5. The van der Waals surface area contributed by atoms with E-state index in [2.05, 4.69) is 0 Å². The van der Waals surface area contributed by atoms with Crippen molar-refractivity contribution in [2.24, 2.45) is 5.73 Å². The van der Waals surface area contributed by atoms with Crippen LogP contribution in [0.1, 0.15) is 0 Å². The fourth-order valence-electron chi connectivity index (χ4n) is 0.616. The van der Waals surface area contributed by atoms with E-state index in [1.54, 1.807) is 12.1 Å². The molecule has 0 saturated heterocycles. The van der Waals surface area contributed by atoms with Gasteiger partial charge in [0.25, 0.3) is 6.02 Å². The molecule has 1 rings (SSSR count). The summed E-state index contributed by atoms with van der Waals surface area (Å²) in [5.41, 5.74) is 4.99. The van der Waals surface area contributed by atoms with Crippen LogP contribution in [-0.2, 0) is 0 Å². The first kappa shape index (κ1) is 6.61. The van der Waals surface area contributed by atoms with E-state index in [4.69, 9.17) is 15.9 Å². The molecule has 1 aromatic carbocycles. The lowest BCUT2D eigenvalue weighted by molar-refractivity contribution is 0.537.